The van der Waals surface area contributed by atoms with E-state index in [9.17, 15) is 4.79 Å². The molecule has 2 heteroatoms. The monoisotopic (exact) mass is 177 g/mol. The van der Waals surface area contributed by atoms with Crippen molar-refractivity contribution >= 4 is 6.29 Å². The van der Waals surface area contributed by atoms with Gasteiger partial charge < -0.3 is 10.5 Å². The second-order valence-corrected chi connectivity index (χ2v) is 3.11. The van der Waals surface area contributed by atoms with E-state index < -0.39 is 0 Å². The van der Waals surface area contributed by atoms with Crippen LogP contribution in [-0.2, 0) is 4.79 Å². The predicted octanol–water partition coefficient (Wildman–Crippen LogP) is 2.06. The van der Waals surface area contributed by atoms with Crippen LogP contribution in [0, 0.1) is 0 Å². The zero-order valence-corrected chi connectivity index (χ0v) is 7.65. The van der Waals surface area contributed by atoms with Crippen molar-refractivity contribution in [2.45, 2.75) is 25.3 Å². The van der Waals surface area contributed by atoms with Crippen molar-refractivity contribution < 1.29 is 4.79 Å². The van der Waals surface area contributed by atoms with Gasteiger partial charge in [0.25, 0.3) is 0 Å². The second-order valence-electron chi connectivity index (χ2n) is 3.11. The topological polar surface area (TPSA) is 43.1 Å². The van der Waals surface area contributed by atoms with Crippen molar-refractivity contribution in [2.24, 2.45) is 5.73 Å². The summed E-state index contributed by atoms with van der Waals surface area (Å²) in [5.74, 6) is 0. The average molecular weight is 177 g/mol. The SMILES string of the molecule is NC(CCCC=O)c1ccccc1. The Hall–Kier alpha value is -1.15. The van der Waals surface area contributed by atoms with Gasteiger partial charge in [-0.05, 0) is 18.4 Å². The van der Waals surface area contributed by atoms with Crippen LogP contribution in [-0.4, -0.2) is 6.29 Å². The van der Waals surface area contributed by atoms with Crippen LogP contribution in [0.2, 0.25) is 0 Å². The van der Waals surface area contributed by atoms with E-state index in [-0.39, 0.29) is 6.04 Å². The Kier molecular flexibility index (Phi) is 4.19. The summed E-state index contributed by atoms with van der Waals surface area (Å²) in [6.07, 6.45) is 3.31. The van der Waals surface area contributed by atoms with Gasteiger partial charge >= 0.3 is 0 Å². The molecule has 1 atom stereocenters. The second kappa shape index (κ2) is 5.49. The highest BCUT2D eigenvalue weighted by molar-refractivity contribution is 5.49. The van der Waals surface area contributed by atoms with Crippen LogP contribution in [0.4, 0.5) is 0 Å². The zero-order chi connectivity index (χ0) is 9.52. The number of aldehydes is 1. The van der Waals surface area contributed by atoms with Gasteiger partial charge in [-0.25, -0.2) is 0 Å². The molecule has 1 rings (SSSR count). The van der Waals surface area contributed by atoms with Crippen molar-refractivity contribution in [3.05, 3.63) is 35.9 Å². The van der Waals surface area contributed by atoms with E-state index in [1.54, 1.807) is 0 Å². The first-order chi connectivity index (χ1) is 6.34. The minimum atomic E-state index is 0.0705. The van der Waals surface area contributed by atoms with Crippen LogP contribution in [0.1, 0.15) is 30.9 Å². The Morgan fingerprint density at radius 1 is 1.31 bits per heavy atom. The predicted molar refractivity (Wildman–Crippen MR) is 53.3 cm³/mol. The van der Waals surface area contributed by atoms with E-state index >= 15 is 0 Å². The van der Waals surface area contributed by atoms with Crippen LogP contribution in [0.15, 0.2) is 30.3 Å². The maximum absolute atomic E-state index is 10.1. The fourth-order valence-electron chi connectivity index (χ4n) is 1.29. The molecule has 0 spiro atoms. The molecule has 2 N–H and O–H groups in total. The number of benzene rings is 1. The lowest BCUT2D eigenvalue weighted by atomic mass is 10.0. The minimum Gasteiger partial charge on any atom is -0.324 e. The van der Waals surface area contributed by atoms with Crippen LogP contribution in [0.25, 0.3) is 0 Å². The molecule has 1 aromatic carbocycles. The highest BCUT2D eigenvalue weighted by Crippen LogP contribution is 2.15. The highest BCUT2D eigenvalue weighted by atomic mass is 16.1. The van der Waals surface area contributed by atoms with E-state index in [0.29, 0.717) is 6.42 Å². The maximum atomic E-state index is 10.1. The number of rotatable bonds is 5. The quantitative estimate of drug-likeness (QED) is 0.552. The van der Waals surface area contributed by atoms with E-state index in [1.165, 1.54) is 0 Å². The van der Waals surface area contributed by atoms with E-state index in [2.05, 4.69) is 0 Å². The third-order valence-corrected chi connectivity index (χ3v) is 2.06. The number of carbonyl (C=O) groups is 1. The Labute approximate surface area is 78.8 Å². The molecule has 0 bridgehead atoms. The Morgan fingerprint density at radius 2 is 2.00 bits per heavy atom. The molecule has 0 fully saturated rings. The summed E-state index contributed by atoms with van der Waals surface area (Å²) in [5.41, 5.74) is 7.07. The number of unbranched alkanes of at least 4 members (excludes halogenated alkanes) is 1. The molecule has 70 valence electrons. The van der Waals surface area contributed by atoms with Gasteiger partial charge in [0.15, 0.2) is 0 Å². The van der Waals surface area contributed by atoms with Crippen molar-refractivity contribution in [1.82, 2.24) is 0 Å². The molecule has 2 nitrogen and oxygen atoms in total. The largest absolute Gasteiger partial charge is 0.324 e. The molecule has 1 unspecified atom stereocenters. The summed E-state index contributed by atoms with van der Waals surface area (Å²) in [6, 6.07) is 10.0. The van der Waals surface area contributed by atoms with Gasteiger partial charge in [-0.15, -0.1) is 0 Å². The third-order valence-electron chi connectivity index (χ3n) is 2.06. The summed E-state index contributed by atoms with van der Waals surface area (Å²) < 4.78 is 0. The molecule has 0 aliphatic heterocycles. The lowest BCUT2D eigenvalue weighted by Crippen LogP contribution is -2.09. The first-order valence-electron chi connectivity index (χ1n) is 4.58. The Morgan fingerprint density at radius 3 is 2.62 bits per heavy atom. The molecule has 0 aliphatic rings. The lowest BCUT2D eigenvalue weighted by molar-refractivity contribution is -0.107. The molecule has 0 aromatic heterocycles. The standard InChI is InChI=1S/C11H15NO/c12-11(8-4-5-9-13)10-6-2-1-3-7-10/h1-3,6-7,9,11H,4-5,8,12H2. The Bertz CT molecular complexity index is 246. The van der Waals surface area contributed by atoms with Crippen LogP contribution >= 0.6 is 0 Å². The van der Waals surface area contributed by atoms with Gasteiger partial charge in [0.1, 0.15) is 6.29 Å². The number of hydrogen-bond donors (Lipinski definition) is 1. The van der Waals surface area contributed by atoms with Crippen molar-refractivity contribution in [3.63, 3.8) is 0 Å². The molecule has 0 saturated carbocycles. The summed E-state index contributed by atoms with van der Waals surface area (Å²) >= 11 is 0. The van der Waals surface area contributed by atoms with Crippen LogP contribution in [0.5, 0.6) is 0 Å². The summed E-state index contributed by atoms with van der Waals surface area (Å²) in [7, 11) is 0. The molecule has 0 aliphatic carbocycles. The zero-order valence-electron chi connectivity index (χ0n) is 7.65. The molecule has 0 radical (unpaired) electrons. The molecule has 0 amide bonds. The molecular formula is C11H15NO. The number of carbonyl (C=O) groups excluding carboxylic acids is 1. The molecular weight excluding hydrogens is 162 g/mol. The van der Waals surface area contributed by atoms with Gasteiger partial charge in [-0.3, -0.25) is 0 Å². The first kappa shape index (κ1) is 9.93. The van der Waals surface area contributed by atoms with Gasteiger partial charge in [0.2, 0.25) is 0 Å². The maximum Gasteiger partial charge on any atom is 0.119 e. The van der Waals surface area contributed by atoms with E-state index in [0.717, 1.165) is 24.7 Å². The van der Waals surface area contributed by atoms with E-state index in [1.807, 2.05) is 30.3 Å². The normalized spacial score (nSPS) is 12.4. The summed E-state index contributed by atoms with van der Waals surface area (Å²) in [6.45, 7) is 0. The third kappa shape index (κ3) is 3.38. The smallest absolute Gasteiger partial charge is 0.119 e. The van der Waals surface area contributed by atoms with Crippen LogP contribution < -0.4 is 5.73 Å². The van der Waals surface area contributed by atoms with Crippen molar-refractivity contribution in [3.8, 4) is 0 Å². The molecule has 0 saturated heterocycles. The highest BCUT2D eigenvalue weighted by Gasteiger charge is 2.03. The molecule has 13 heavy (non-hydrogen) atoms. The van der Waals surface area contributed by atoms with Crippen molar-refractivity contribution in [2.75, 3.05) is 0 Å². The minimum absolute atomic E-state index is 0.0705. The average Bonchev–Trinajstić information content (AvgIpc) is 2.19. The van der Waals surface area contributed by atoms with Gasteiger partial charge in [-0.1, -0.05) is 30.3 Å². The Balaban J connectivity index is 2.39. The molecule has 0 heterocycles. The molecule has 1 aromatic rings. The lowest BCUT2D eigenvalue weighted by Gasteiger charge is -2.10. The van der Waals surface area contributed by atoms with Crippen LogP contribution in [0.3, 0.4) is 0 Å². The fourth-order valence-corrected chi connectivity index (χ4v) is 1.29. The van der Waals surface area contributed by atoms with E-state index in [4.69, 9.17) is 5.73 Å². The first-order valence-corrected chi connectivity index (χ1v) is 4.58. The summed E-state index contributed by atoms with van der Waals surface area (Å²) in [4.78, 5) is 10.1. The van der Waals surface area contributed by atoms with Gasteiger partial charge in [0.05, 0.1) is 0 Å². The van der Waals surface area contributed by atoms with Gasteiger partial charge in [0, 0.05) is 12.5 Å². The van der Waals surface area contributed by atoms with Crippen molar-refractivity contribution in [1.29, 1.82) is 0 Å². The number of nitrogens with two attached hydrogens (primary N) is 1. The summed E-state index contributed by atoms with van der Waals surface area (Å²) in [5, 5.41) is 0. The number of hydrogen-bond acceptors (Lipinski definition) is 2. The van der Waals surface area contributed by atoms with Gasteiger partial charge in [-0.2, -0.15) is 0 Å². The fraction of sp³-hybridized carbons (Fsp3) is 0.364.